The molecule has 0 bridgehead atoms. The molecule has 1 saturated carbocycles. The second kappa shape index (κ2) is 4.09. The lowest BCUT2D eigenvalue weighted by Gasteiger charge is -2.15. The third-order valence-corrected chi connectivity index (χ3v) is 3.39. The molecule has 0 unspecified atom stereocenters. The van der Waals surface area contributed by atoms with Crippen molar-refractivity contribution in [2.75, 3.05) is 13.6 Å². The fourth-order valence-corrected chi connectivity index (χ4v) is 2.15. The number of alkyl halides is 2. The Morgan fingerprint density at radius 1 is 1.28 bits per heavy atom. The topological polar surface area (TPSA) is 21.7 Å². The molecule has 0 amide bonds. The number of hydrogen-bond donors (Lipinski definition) is 0. The number of nitrogens with zero attached hydrogens (tertiary/aromatic N) is 1. The van der Waals surface area contributed by atoms with Gasteiger partial charge in [0.2, 0.25) is 0 Å². The Morgan fingerprint density at radius 3 is 2.72 bits per heavy atom. The summed E-state index contributed by atoms with van der Waals surface area (Å²) in [7, 11) is 2.10. The maximum absolute atomic E-state index is 12.8. The Bertz CT molecular complexity index is 460. The van der Waals surface area contributed by atoms with Crippen molar-refractivity contribution in [3.05, 3.63) is 23.8 Å². The Labute approximate surface area is 104 Å². The van der Waals surface area contributed by atoms with E-state index in [4.69, 9.17) is 0 Å². The van der Waals surface area contributed by atoms with Gasteiger partial charge in [0, 0.05) is 12.6 Å². The first-order chi connectivity index (χ1) is 8.53. The van der Waals surface area contributed by atoms with Crippen molar-refractivity contribution in [3.8, 4) is 11.5 Å². The second-order valence-corrected chi connectivity index (χ2v) is 4.91. The molecule has 2 aliphatic rings. The molecule has 0 N–H and O–H groups in total. The summed E-state index contributed by atoms with van der Waals surface area (Å²) in [5.41, 5.74) is 0.988. The van der Waals surface area contributed by atoms with Gasteiger partial charge in [0.1, 0.15) is 0 Å². The van der Waals surface area contributed by atoms with Crippen molar-refractivity contribution in [3.63, 3.8) is 0 Å². The van der Waals surface area contributed by atoms with Crippen LogP contribution in [-0.2, 0) is 6.42 Å². The van der Waals surface area contributed by atoms with Gasteiger partial charge in [0.05, 0.1) is 0 Å². The number of fused-ring (bicyclic) bond motifs is 1. The summed E-state index contributed by atoms with van der Waals surface area (Å²) in [6.45, 7) is 0.931. The zero-order chi connectivity index (χ0) is 12.8. The fourth-order valence-electron chi connectivity index (χ4n) is 2.15. The van der Waals surface area contributed by atoms with Crippen molar-refractivity contribution in [2.45, 2.75) is 31.6 Å². The molecule has 5 heteroatoms. The molecule has 1 aromatic carbocycles. The fraction of sp³-hybridized carbons (Fsp3) is 0.538. The third-order valence-electron chi connectivity index (χ3n) is 3.39. The summed E-state index contributed by atoms with van der Waals surface area (Å²) in [6.07, 6.45) is -0.158. The van der Waals surface area contributed by atoms with Gasteiger partial charge in [-0.25, -0.2) is 0 Å². The van der Waals surface area contributed by atoms with E-state index in [1.165, 1.54) is 12.8 Å². The first-order valence-corrected chi connectivity index (χ1v) is 6.12. The maximum atomic E-state index is 12.8. The van der Waals surface area contributed by atoms with Crippen molar-refractivity contribution < 1.29 is 18.3 Å². The minimum Gasteiger partial charge on any atom is -0.395 e. The van der Waals surface area contributed by atoms with Crippen LogP contribution >= 0.6 is 0 Å². The Balaban J connectivity index is 1.64. The molecular formula is C13H15F2NO2. The minimum atomic E-state index is -3.52. The average Bonchev–Trinajstić information content (AvgIpc) is 3.08. The number of ether oxygens (including phenoxy) is 2. The molecule has 98 valence electrons. The molecule has 3 rings (SSSR count). The van der Waals surface area contributed by atoms with E-state index in [1.54, 1.807) is 12.1 Å². The van der Waals surface area contributed by atoms with E-state index in [-0.39, 0.29) is 11.5 Å². The van der Waals surface area contributed by atoms with Crippen LogP contribution < -0.4 is 9.47 Å². The summed E-state index contributed by atoms with van der Waals surface area (Å²) in [6, 6.07) is 5.70. The van der Waals surface area contributed by atoms with Crippen LogP contribution in [0, 0.1) is 0 Å². The molecular weight excluding hydrogens is 240 g/mol. The zero-order valence-corrected chi connectivity index (χ0v) is 10.2. The van der Waals surface area contributed by atoms with Crippen LogP contribution in [0.2, 0.25) is 0 Å². The number of hydrogen-bond acceptors (Lipinski definition) is 3. The average molecular weight is 255 g/mol. The Kier molecular flexibility index (Phi) is 2.66. The largest absolute Gasteiger partial charge is 0.586 e. The van der Waals surface area contributed by atoms with Gasteiger partial charge in [-0.15, -0.1) is 8.78 Å². The van der Waals surface area contributed by atoms with Crippen LogP contribution in [0.15, 0.2) is 18.2 Å². The molecule has 0 spiro atoms. The van der Waals surface area contributed by atoms with Gasteiger partial charge < -0.3 is 14.4 Å². The molecule has 1 fully saturated rings. The molecule has 1 aliphatic carbocycles. The first-order valence-electron chi connectivity index (χ1n) is 6.12. The van der Waals surface area contributed by atoms with Crippen molar-refractivity contribution in [2.24, 2.45) is 0 Å². The zero-order valence-electron chi connectivity index (χ0n) is 10.2. The minimum absolute atomic E-state index is 0.110. The number of halogens is 2. The van der Waals surface area contributed by atoms with Crippen molar-refractivity contribution >= 4 is 0 Å². The van der Waals surface area contributed by atoms with Crippen LogP contribution in [0.25, 0.3) is 0 Å². The Hall–Kier alpha value is -1.36. The van der Waals surface area contributed by atoms with Gasteiger partial charge in [-0.05, 0) is 44.0 Å². The standard InChI is InChI=1S/C13H15F2NO2/c1-16(10-3-4-10)7-6-9-2-5-11-12(8-9)18-13(14,15)17-11/h2,5,8,10H,3-4,6-7H2,1H3. The molecule has 0 radical (unpaired) electrons. The highest BCUT2D eigenvalue weighted by Crippen LogP contribution is 2.41. The summed E-state index contributed by atoms with van der Waals surface area (Å²) in [5, 5.41) is 0. The van der Waals surface area contributed by atoms with Gasteiger partial charge in [0.25, 0.3) is 0 Å². The van der Waals surface area contributed by atoms with Gasteiger partial charge in [-0.3, -0.25) is 0 Å². The predicted molar refractivity (Wildman–Crippen MR) is 62.0 cm³/mol. The van der Waals surface area contributed by atoms with Crippen molar-refractivity contribution in [1.29, 1.82) is 0 Å². The molecule has 1 heterocycles. The quantitative estimate of drug-likeness (QED) is 0.825. The van der Waals surface area contributed by atoms with Crippen LogP contribution in [0.4, 0.5) is 8.78 Å². The highest BCUT2D eigenvalue weighted by atomic mass is 19.3. The van der Waals surface area contributed by atoms with Gasteiger partial charge in [0.15, 0.2) is 11.5 Å². The summed E-state index contributed by atoms with van der Waals surface area (Å²) in [4.78, 5) is 2.30. The highest BCUT2D eigenvalue weighted by Gasteiger charge is 2.43. The highest BCUT2D eigenvalue weighted by molar-refractivity contribution is 5.45. The molecule has 0 atom stereocenters. The van der Waals surface area contributed by atoms with Crippen LogP contribution in [0.1, 0.15) is 18.4 Å². The molecule has 1 aliphatic heterocycles. The molecule has 3 nitrogen and oxygen atoms in total. The van der Waals surface area contributed by atoms with Gasteiger partial charge in [-0.2, -0.15) is 0 Å². The monoisotopic (exact) mass is 255 g/mol. The third kappa shape index (κ3) is 2.41. The summed E-state index contributed by atoms with van der Waals surface area (Å²) in [5.74, 6) is 0.242. The lowest BCUT2D eigenvalue weighted by Crippen LogP contribution is -2.26. The maximum Gasteiger partial charge on any atom is 0.586 e. The van der Waals surface area contributed by atoms with Crippen LogP contribution in [0.3, 0.4) is 0 Å². The van der Waals surface area contributed by atoms with Gasteiger partial charge in [-0.1, -0.05) is 6.07 Å². The van der Waals surface area contributed by atoms with E-state index in [9.17, 15) is 8.78 Å². The lowest BCUT2D eigenvalue weighted by atomic mass is 10.1. The van der Waals surface area contributed by atoms with E-state index >= 15 is 0 Å². The lowest BCUT2D eigenvalue weighted by molar-refractivity contribution is -0.286. The predicted octanol–water partition coefficient (Wildman–Crippen LogP) is 2.64. The Morgan fingerprint density at radius 2 is 2.00 bits per heavy atom. The van der Waals surface area contributed by atoms with E-state index in [0.29, 0.717) is 6.04 Å². The van der Waals surface area contributed by atoms with E-state index < -0.39 is 6.29 Å². The summed E-state index contributed by atoms with van der Waals surface area (Å²) < 4.78 is 34.5. The molecule has 1 aromatic rings. The normalized spacial score (nSPS) is 20.4. The van der Waals surface area contributed by atoms with Crippen molar-refractivity contribution in [1.82, 2.24) is 4.90 Å². The van der Waals surface area contributed by atoms with Crippen LogP contribution in [0.5, 0.6) is 11.5 Å². The molecule has 0 aromatic heterocycles. The first kappa shape index (κ1) is 11.7. The number of likely N-dealkylation sites (N-methyl/N-ethyl adjacent to an activating group) is 1. The molecule has 18 heavy (non-hydrogen) atoms. The van der Waals surface area contributed by atoms with Gasteiger partial charge >= 0.3 is 6.29 Å². The molecule has 0 saturated heterocycles. The van der Waals surface area contributed by atoms with E-state index in [0.717, 1.165) is 18.5 Å². The number of benzene rings is 1. The second-order valence-electron chi connectivity index (χ2n) is 4.91. The summed E-state index contributed by atoms with van der Waals surface area (Å²) >= 11 is 0. The van der Waals surface area contributed by atoms with E-state index in [1.807, 2.05) is 6.07 Å². The smallest absolute Gasteiger partial charge is 0.395 e. The SMILES string of the molecule is CN(CCc1ccc2c(c1)OC(F)(F)O2)C1CC1. The van der Waals surface area contributed by atoms with E-state index in [2.05, 4.69) is 21.4 Å². The number of rotatable bonds is 4. The van der Waals surface area contributed by atoms with Crippen LogP contribution in [-0.4, -0.2) is 30.8 Å².